The summed E-state index contributed by atoms with van der Waals surface area (Å²) in [6.45, 7) is 0.846. The molecule has 2 aliphatic rings. The molecule has 3 N–H and O–H groups in total. The highest BCUT2D eigenvalue weighted by molar-refractivity contribution is 7.32. The van der Waals surface area contributed by atoms with E-state index in [-0.39, 0.29) is 12.4 Å². The summed E-state index contributed by atoms with van der Waals surface area (Å²) in [6, 6.07) is 0. The molecule has 1 aromatic heterocycles. The van der Waals surface area contributed by atoms with Crippen molar-refractivity contribution in [2.75, 3.05) is 11.1 Å². The molecule has 3 nitrogen and oxygen atoms in total. The van der Waals surface area contributed by atoms with Gasteiger partial charge in [0.1, 0.15) is 23.2 Å². The number of hydrogen-bond donors (Lipinski definition) is 2. The van der Waals surface area contributed by atoms with Gasteiger partial charge < -0.3 is 11.1 Å². The van der Waals surface area contributed by atoms with Gasteiger partial charge >= 0.3 is 0 Å². The first kappa shape index (κ1) is 9.80. The number of nitrogens with one attached hydrogen (secondary N) is 1. The zero-order valence-electron chi connectivity index (χ0n) is 7.69. The Morgan fingerprint density at radius 3 is 3.00 bits per heavy atom. The molecule has 2 heterocycles. The van der Waals surface area contributed by atoms with Gasteiger partial charge in [0.2, 0.25) is 0 Å². The minimum Gasteiger partial charge on any atom is -0.393 e. The Morgan fingerprint density at radius 2 is 2.29 bits per heavy atom. The monoisotopic (exact) mass is 230 g/mol. The molecule has 1 unspecified atom stereocenters. The van der Waals surface area contributed by atoms with Crippen LogP contribution in [0, 0.1) is 0 Å². The molecule has 0 bridgehead atoms. The van der Waals surface area contributed by atoms with Crippen LogP contribution < -0.4 is 11.1 Å². The summed E-state index contributed by atoms with van der Waals surface area (Å²) in [7, 11) is 0.302. The summed E-state index contributed by atoms with van der Waals surface area (Å²) in [5.74, 6) is 0. The van der Waals surface area contributed by atoms with Gasteiger partial charge in [0.05, 0.1) is 6.34 Å². The van der Waals surface area contributed by atoms with Crippen LogP contribution in [0.25, 0.3) is 0 Å². The summed E-state index contributed by atoms with van der Waals surface area (Å²) in [4.78, 5) is 5.67. The number of nitrogens with two attached hydrogens (primary N) is 1. The number of nitrogens with zero attached hydrogens (tertiary/aromatic N) is 1. The zero-order valence-corrected chi connectivity index (χ0v) is 9.33. The maximum absolute atomic E-state index is 5.93. The molecule has 1 fully saturated rings. The molecular weight excluding hydrogens is 218 g/mol. The van der Waals surface area contributed by atoms with Crippen molar-refractivity contribution in [3.63, 3.8) is 0 Å². The van der Waals surface area contributed by atoms with Crippen LogP contribution in [0.4, 0.5) is 11.4 Å². The van der Waals surface area contributed by atoms with Gasteiger partial charge in [-0.2, -0.15) is 0 Å². The third kappa shape index (κ3) is 1.38. The molecular formula is C9H13ClN3S+. The van der Waals surface area contributed by atoms with E-state index in [9.17, 15) is 0 Å². The zero-order chi connectivity index (χ0) is 8.84. The lowest BCUT2D eigenvalue weighted by Gasteiger charge is -2.04. The average molecular weight is 231 g/mol. The predicted molar refractivity (Wildman–Crippen MR) is 64.7 cm³/mol. The molecule has 14 heavy (non-hydrogen) atoms. The number of fused-ring (bicyclic) bond motifs is 1. The topological polar surface area (TPSA) is 50.4 Å². The maximum Gasteiger partial charge on any atom is 0.197 e. The van der Waals surface area contributed by atoms with E-state index in [0.717, 1.165) is 23.2 Å². The first-order valence-corrected chi connectivity index (χ1v) is 5.89. The molecule has 0 aromatic carbocycles. The van der Waals surface area contributed by atoms with E-state index >= 15 is 0 Å². The normalized spacial score (nSPS) is 19.6. The van der Waals surface area contributed by atoms with Gasteiger partial charge in [0, 0.05) is 12.8 Å². The van der Waals surface area contributed by atoms with Crippen molar-refractivity contribution in [3.8, 4) is 0 Å². The number of nitrogen functional groups attached to an aromatic ring is 1. The summed E-state index contributed by atoms with van der Waals surface area (Å²) in [5, 5.41) is 6.25. The average Bonchev–Trinajstić information content (AvgIpc) is 2.94. The van der Waals surface area contributed by atoms with Gasteiger partial charge in [-0.1, -0.05) is 0 Å². The molecule has 5 heteroatoms. The second-order valence-electron chi connectivity index (χ2n) is 3.56. The summed E-state index contributed by atoms with van der Waals surface area (Å²) in [5.41, 5.74) is 8.00. The van der Waals surface area contributed by atoms with Crippen molar-refractivity contribution in [3.05, 3.63) is 10.3 Å². The molecule has 1 saturated carbocycles. The van der Waals surface area contributed by atoms with Crippen LogP contribution in [0.5, 0.6) is 0 Å². The lowest BCUT2D eigenvalue weighted by atomic mass is 10.3. The van der Waals surface area contributed by atoms with Gasteiger partial charge in [-0.05, 0) is 10.5 Å². The summed E-state index contributed by atoms with van der Waals surface area (Å²) in [6.07, 6.45) is 4.49. The molecule has 1 aliphatic carbocycles. The van der Waals surface area contributed by atoms with Crippen LogP contribution in [0.2, 0.25) is 0 Å². The Bertz CT molecular complexity index is 382. The first-order valence-electron chi connectivity index (χ1n) is 4.54. The second kappa shape index (κ2) is 3.44. The molecule has 1 aromatic rings. The van der Waals surface area contributed by atoms with Crippen molar-refractivity contribution in [1.82, 2.24) is 0 Å². The number of rotatable bonds is 1. The van der Waals surface area contributed by atoms with Gasteiger partial charge in [-0.25, -0.2) is 0 Å². The molecule has 3 rings (SSSR count). The van der Waals surface area contributed by atoms with Crippen molar-refractivity contribution in [2.45, 2.75) is 24.6 Å². The van der Waals surface area contributed by atoms with Crippen LogP contribution in [-0.4, -0.2) is 6.34 Å². The van der Waals surface area contributed by atoms with E-state index in [2.05, 4.69) is 15.7 Å². The third-order valence-corrected chi connectivity index (χ3v) is 5.12. The number of hydrogen-bond acceptors (Lipinski definition) is 3. The Hall–Kier alpha value is -0.740. The fraction of sp³-hybridized carbons (Fsp3) is 0.444. The molecule has 1 atom stereocenters. The minimum atomic E-state index is 0. The number of halogens is 1. The van der Waals surface area contributed by atoms with Gasteiger partial charge in [-0.3, -0.25) is 4.99 Å². The molecule has 1 aliphatic heterocycles. The second-order valence-corrected chi connectivity index (χ2v) is 5.70. The van der Waals surface area contributed by atoms with E-state index < -0.39 is 0 Å². The Morgan fingerprint density at radius 1 is 1.50 bits per heavy atom. The van der Waals surface area contributed by atoms with Gasteiger partial charge in [0.15, 0.2) is 10.3 Å². The SMILES string of the molecule is Cl.Nc1c[s+](C2CC2)c2c1NC=NC2. The van der Waals surface area contributed by atoms with Gasteiger partial charge in [0.25, 0.3) is 0 Å². The largest absolute Gasteiger partial charge is 0.393 e. The van der Waals surface area contributed by atoms with Crippen molar-refractivity contribution in [2.24, 2.45) is 4.99 Å². The fourth-order valence-corrected chi connectivity index (χ4v) is 4.13. The van der Waals surface area contributed by atoms with Crippen molar-refractivity contribution in [1.29, 1.82) is 0 Å². The van der Waals surface area contributed by atoms with E-state index in [0.29, 0.717) is 10.5 Å². The number of anilines is 2. The lowest BCUT2D eigenvalue weighted by Crippen LogP contribution is -2.04. The quantitative estimate of drug-likeness (QED) is 0.729. The van der Waals surface area contributed by atoms with E-state index in [1.54, 1.807) is 6.34 Å². The number of aliphatic imine (C=N–C) groups is 1. The van der Waals surface area contributed by atoms with Crippen LogP contribution in [0.15, 0.2) is 10.4 Å². The first-order chi connectivity index (χ1) is 6.36. The molecule has 0 saturated heterocycles. The van der Waals surface area contributed by atoms with Crippen LogP contribution in [-0.2, 0) is 6.54 Å². The van der Waals surface area contributed by atoms with E-state index in [4.69, 9.17) is 5.73 Å². The van der Waals surface area contributed by atoms with Crippen LogP contribution in [0.1, 0.15) is 23.0 Å². The highest BCUT2D eigenvalue weighted by atomic mass is 35.5. The summed E-state index contributed by atoms with van der Waals surface area (Å²) < 4.78 is 0. The molecule has 0 radical (unpaired) electrons. The lowest BCUT2D eigenvalue weighted by molar-refractivity contribution is 1.09. The van der Waals surface area contributed by atoms with E-state index in [1.165, 1.54) is 17.7 Å². The molecule has 76 valence electrons. The Labute approximate surface area is 91.8 Å². The molecule has 0 amide bonds. The fourth-order valence-electron chi connectivity index (χ4n) is 1.72. The van der Waals surface area contributed by atoms with Gasteiger partial charge in [-0.15, -0.1) is 12.4 Å². The Balaban J connectivity index is 0.000000750. The van der Waals surface area contributed by atoms with Crippen molar-refractivity contribution < 1.29 is 0 Å². The highest BCUT2D eigenvalue weighted by Gasteiger charge is 2.38. The highest BCUT2D eigenvalue weighted by Crippen LogP contribution is 2.56. The summed E-state index contributed by atoms with van der Waals surface area (Å²) >= 11 is 0. The standard InChI is InChI=1S/C9H12N3S.ClH/c10-7-4-13(6-1-2-6)8-3-11-5-12-9(7)8;/h4-6H,1-3,10H2,(H,11,12);1H/q+1;. The van der Waals surface area contributed by atoms with Crippen molar-refractivity contribution >= 4 is 40.6 Å². The number of thiophene rings is 1. The minimum absolute atomic E-state index is 0. The smallest absolute Gasteiger partial charge is 0.197 e. The van der Waals surface area contributed by atoms with Crippen LogP contribution >= 0.6 is 22.9 Å². The van der Waals surface area contributed by atoms with E-state index in [1.807, 2.05) is 0 Å². The maximum atomic E-state index is 5.93. The predicted octanol–water partition coefficient (Wildman–Crippen LogP) is 2.73. The molecule has 0 spiro atoms. The Kier molecular flexibility index (Phi) is 2.41. The van der Waals surface area contributed by atoms with Crippen LogP contribution in [0.3, 0.4) is 0 Å². The third-order valence-electron chi connectivity index (χ3n) is 2.52.